The Balaban J connectivity index is 1.86. The van der Waals surface area contributed by atoms with E-state index in [4.69, 9.17) is 0 Å². The van der Waals surface area contributed by atoms with Crippen LogP contribution in [0.15, 0.2) is 34.5 Å². The van der Waals surface area contributed by atoms with Crippen molar-refractivity contribution in [3.8, 4) is 0 Å². The van der Waals surface area contributed by atoms with Gasteiger partial charge in [-0.2, -0.15) is 0 Å². The molecule has 0 aliphatic rings. The average molecular weight is 323 g/mol. The van der Waals surface area contributed by atoms with E-state index in [0.717, 1.165) is 28.2 Å². The molecule has 0 saturated heterocycles. The van der Waals surface area contributed by atoms with E-state index in [1.54, 1.807) is 7.05 Å². The summed E-state index contributed by atoms with van der Waals surface area (Å²) in [6.07, 6.45) is 0. The molecule has 1 aromatic carbocycles. The van der Waals surface area contributed by atoms with E-state index in [0.29, 0.717) is 11.6 Å². The molecule has 3 rings (SSSR count). The molecule has 0 amide bonds. The third kappa shape index (κ3) is 2.98. The highest BCUT2D eigenvalue weighted by molar-refractivity contribution is 7.98. The Morgan fingerprint density at radius 3 is 2.90 bits per heavy atom. The number of halogens is 2. The predicted octanol–water partition coefficient (Wildman–Crippen LogP) is 4.30. The molecule has 21 heavy (non-hydrogen) atoms. The van der Waals surface area contributed by atoms with Crippen molar-refractivity contribution < 1.29 is 8.78 Å². The van der Waals surface area contributed by atoms with Gasteiger partial charge in [0.2, 0.25) is 0 Å². The van der Waals surface area contributed by atoms with E-state index < -0.39 is 11.6 Å². The fraction of sp³-hybridized carbons (Fsp3) is 0.143. The quantitative estimate of drug-likeness (QED) is 0.726. The van der Waals surface area contributed by atoms with Crippen LogP contribution in [0.1, 0.15) is 5.82 Å². The molecule has 3 nitrogen and oxygen atoms in total. The lowest BCUT2D eigenvalue weighted by Gasteiger charge is -2.06. The van der Waals surface area contributed by atoms with Crippen LogP contribution in [0.25, 0.3) is 10.2 Å². The Morgan fingerprint density at radius 1 is 1.24 bits per heavy atom. The van der Waals surface area contributed by atoms with E-state index >= 15 is 0 Å². The fourth-order valence-electron chi connectivity index (χ4n) is 1.88. The van der Waals surface area contributed by atoms with Crippen molar-refractivity contribution in [1.82, 2.24) is 9.97 Å². The number of hydrogen-bond donors (Lipinski definition) is 1. The number of aromatic nitrogens is 2. The molecule has 3 aromatic rings. The first kappa shape index (κ1) is 14.2. The van der Waals surface area contributed by atoms with E-state index in [2.05, 4.69) is 15.3 Å². The van der Waals surface area contributed by atoms with Crippen LogP contribution in [0, 0.1) is 11.6 Å². The van der Waals surface area contributed by atoms with Gasteiger partial charge in [0.15, 0.2) is 0 Å². The monoisotopic (exact) mass is 323 g/mol. The zero-order chi connectivity index (χ0) is 14.8. The number of fused-ring (bicyclic) bond motifs is 1. The van der Waals surface area contributed by atoms with Crippen molar-refractivity contribution in [2.75, 3.05) is 12.4 Å². The first-order chi connectivity index (χ1) is 10.2. The first-order valence-corrected chi connectivity index (χ1v) is 8.03. The number of nitrogens with one attached hydrogen (secondary N) is 1. The minimum Gasteiger partial charge on any atom is -0.372 e. The van der Waals surface area contributed by atoms with Crippen molar-refractivity contribution in [3.63, 3.8) is 0 Å². The Labute approximate surface area is 128 Å². The lowest BCUT2D eigenvalue weighted by Crippen LogP contribution is -1.99. The number of anilines is 1. The second-order valence-electron chi connectivity index (χ2n) is 4.24. The van der Waals surface area contributed by atoms with E-state index in [-0.39, 0.29) is 4.90 Å². The lowest BCUT2D eigenvalue weighted by molar-refractivity contribution is 0.577. The zero-order valence-corrected chi connectivity index (χ0v) is 12.7. The molecule has 0 bridgehead atoms. The highest BCUT2D eigenvalue weighted by Gasteiger charge is 2.10. The van der Waals surface area contributed by atoms with E-state index in [1.165, 1.54) is 29.2 Å². The van der Waals surface area contributed by atoms with E-state index in [9.17, 15) is 8.78 Å². The van der Waals surface area contributed by atoms with Crippen LogP contribution in [0.4, 0.5) is 14.6 Å². The van der Waals surface area contributed by atoms with Crippen LogP contribution in [0.5, 0.6) is 0 Å². The average Bonchev–Trinajstić information content (AvgIpc) is 2.95. The molecule has 108 valence electrons. The van der Waals surface area contributed by atoms with Crippen molar-refractivity contribution in [2.24, 2.45) is 0 Å². The largest absolute Gasteiger partial charge is 0.372 e. The zero-order valence-electron chi connectivity index (χ0n) is 11.1. The van der Waals surface area contributed by atoms with Crippen molar-refractivity contribution >= 4 is 39.1 Å². The third-order valence-electron chi connectivity index (χ3n) is 2.86. The molecule has 7 heteroatoms. The van der Waals surface area contributed by atoms with Gasteiger partial charge in [0.1, 0.15) is 28.1 Å². The number of benzene rings is 1. The maximum Gasteiger partial charge on any atom is 0.142 e. The summed E-state index contributed by atoms with van der Waals surface area (Å²) in [5, 5.41) is 5.94. The minimum absolute atomic E-state index is 0.260. The van der Waals surface area contributed by atoms with Crippen LogP contribution in [-0.4, -0.2) is 17.0 Å². The highest BCUT2D eigenvalue weighted by Crippen LogP contribution is 2.29. The summed E-state index contributed by atoms with van der Waals surface area (Å²) in [5.74, 6) is 0.819. The maximum absolute atomic E-state index is 13.6. The predicted molar refractivity (Wildman–Crippen MR) is 82.9 cm³/mol. The number of thiophene rings is 1. The van der Waals surface area contributed by atoms with Crippen LogP contribution >= 0.6 is 23.1 Å². The standard InChI is InChI=1S/C14H11F2N3S2/c1-17-13-9-4-5-20-14(9)19-12(18-13)7-21-11-6-8(15)2-3-10(11)16/h2-6H,7H2,1H3,(H,17,18,19). The smallest absolute Gasteiger partial charge is 0.142 e. The molecule has 0 radical (unpaired) electrons. The molecule has 2 aromatic heterocycles. The number of thioether (sulfide) groups is 1. The van der Waals surface area contributed by atoms with Crippen molar-refractivity contribution in [2.45, 2.75) is 10.6 Å². The van der Waals surface area contributed by atoms with Crippen LogP contribution in [-0.2, 0) is 5.75 Å². The SMILES string of the molecule is CNc1nc(CSc2cc(F)ccc2F)nc2sccc12. The summed E-state index contributed by atoms with van der Waals surface area (Å²) < 4.78 is 26.7. The molecule has 0 unspecified atom stereocenters. The fourth-order valence-corrected chi connectivity index (χ4v) is 3.48. The highest BCUT2D eigenvalue weighted by atomic mass is 32.2. The third-order valence-corrected chi connectivity index (χ3v) is 4.69. The minimum atomic E-state index is -0.454. The van der Waals surface area contributed by atoms with Gasteiger partial charge in [-0.05, 0) is 29.6 Å². The second-order valence-corrected chi connectivity index (χ2v) is 6.15. The van der Waals surface area contributed by atoms with Crippen molar-refractivity contribution in [1.29, 1.82) is 0 Å². The van der Waals surface area contributed by atoms with Gasteiger partial charge in [-0.25, -0.2) is 18.7 Å². The Hall–Kier alpha value is -1.73. The summed E-state index contributed by atoms with van der Waals surface area (Å²) in [7, 11) is 1.79. The van der Waals surface area contributed by atoms with Crippen molar-refractivity contribution in [3.05, 3.63) is 47.1 Å². The Morgan fingerprint density at radius 2 is 2.10 bits per heavy atom. The molecule has 2 heterocycles. The van der Waals surface area contributed by atoms with Gasteiger partial charge in [-0.3, -0.25) is 0 Å². The molecule has 0 aliphatic carbocycles. The Bertz CT molecular complexity index is 789. The molecular weight excluding hydrogens is 312 g/mol. The normalized spacial score (nSPS) is 11.0. The molecule has 0 fully saturated rings. The van der Waals surface area contributed by atoms with Gasteiger partial charge in [0, 0.05) is 11.9 Å². The van der Waals surface area contributed by atoms with Crippen LogP contribution in [0.2, 0.25) is 0 Å². The summed E-state index contributed by atoms with van der Waals surface area (Å²) in [4.78, 5) is 9.99. The van der Waals surface area contributed by atoms with Gasteiger partial charge in [-0.15, -0.1) is 23.1 Å². The van der Waals surface area contributed by atoms with Gasteiger partial charge >= 0.3 is 0 Å². The molecule has 0 saturated carbocycles. The number of rotatable bonds is 4. The summed E-state index contributed by atoms with van der Waals surface area (Å²) in [6.45, 7) is 0. The van der Waals surface area contributed by atoms with Gasteiger partial charge in [0.25, 0.3) is 0 Å². The number of nitrogens with zero attached hydrogens (tertiary/aromatic N) is 2. The summed E-state index contributed by atoms with van der Waals surface area (Å²) in [5.41, 5.74) is 0. The van der Waals surface area contributed by atoms with Crippen LogP contribution in [0.3, 0.4) is 0 Å². The summed E-state index contributed by atoms with van der Waals surface area (Å²) in [6, 6.07) is 5.37. The maximum atomic E-state index is 13.6. The molecule has 0 spiro atoms. The van der Waals surface area contributed by atoms with E-state index in [1.807, 2.05) is 11.4 Å². The molecular formula is C14H11F2N3S2. The van der Waals surface area contributed by atoms with Gasteiger partial charge in [-0.1, -0.05) is 0 Å². The summed E-state index contributed by atoms with van der Waals surface area (Å²) >= 11 is 2.71. The van der Waals surface area contributed by atoms with Crippen LogP contribution < -0.4 is 5.32 Å². The molecule has 0 aliphatic heterocycles. The van der Waals surface area contributed by atoms with Gasteiger partial charge in [0.05, 0.1) is 11.1 Å². The second kappa shape index (κ2) is 5.95. The topological polar surface area (TPSA) is 37.8 Å². The number of hydrogen-bond acceptors (Lipinski definition) is 5. The molecule has 0 atom stereocenters. The van der Waals surface area contributed by atoms with Gasteiger partial charge < -0.3 is 5.32 Å². The first-order valence-electron chi connectivity index (χ1n) is 6.17. The Kier molecular flexibility index (Phi) is 4.03. The lowest BCUT2D eigenvalue weighted by atomic mass is 10.3. The molecule has 1 N–H and O–H groups in total.